The molecule has 0 spiro atoms. The number of hydrogen-bond acceptors (Lipinski definition) is 2. The van der Waals surface area contributed by atoms with E-state index >= 15 is 0 Å². The topological polar surface area (TPSA) is 44.2 Å². The van der Waals surface area contributed by atoms with Crippen molar-refractivity contribution in [2.45, 2.75) is 0 Å². The Labute approximate surface area is 84.7 Å². The first-order valence-corrected chi connectivity index (χ1v) is 4.68. The molecule has 2 heterocycles. The first kappa shape index (κ1) is 8.00. The molecule has 0 aliphatic rings. The molecule has 0 aliphatic heterocycles. The third kappa shape index (κ3) is 1.11. The van der Waals surface area contributed by atoms with Crippen LogP contribution in [0.3, 0.4) is 0 Å². The standard InChI is InChI=1S/C6H3Br2N3O/c7-4-1-5(8)6-9-3-11(12)10(6)2-4/h1-3H. The van der Waals surface area contributed by atoms with Crippen LogP contribution in [0.25, 0.3) is 5.65 Å². The van der Waals surface area contributed by atoms with Gasteiger partial charge in [0.15, 0.2) is 0 Å². The van der Waals surface area contributed by atoms with Gasteiger partial charge >= 0.3 is 6.33 Å². The van der Waals surface area contributed by atoms with Gasteiger partial charge in [0.1, 0.15) is 0 Å². The Balaban J connectivity index is 2.92. The van der Waals surface area contributed by atoms with Crippen LogP contribution in [0.15, 0.2) is 27.5 Å². The molecule has 2 aromatic heterocycles. The van der Waals surface area contributed by atoms with Gasteiger partial charge in [-0.3, -0.25) is 0 Å². The van der Waals surface area contributed by atoms with Crippen molar-refractivity contribution in [2.24, 2.45) is 0 Å². The summed E-state index contributed by atoms with van der Waals surface area (Å²) >= 11 is 6.57. The molecule has 0 aromatic carbocycles. The third-order valence-corrected chi connectivity index (χ3v) is 2.45. The molecule has 0 bridgehead atoms. The van der Waals surface area contributed by atoms with Crippen molar-refractivity contribution in [3.63, 3.8) is 0 Å². The van der Waals surface area contributed by atoms with Crippen molar-refractivity contribution < 1.29 is 4.85 Å². The van der Waals surface area contributed by atoms with Gasteiger partial charge in [0.25, 0.3) is 5.65 Å². The van der Waals surface area contributed by atoms with Gasteiger partial charge in [0.2, 0.25) is 0 Å². The molecule has 6 heteroatoms. The monoisotopic (exact) mass is 291 g/mol. The number of pyridine rings is 1. The number of halogens is 2. The van der Waals surface area contributed by atoms with Crippen molar-refractivity contribution in [3.8, 4) is 0 Å². The summed E-state index contributed by atoms with van der Waals surface area (Å²) in [6.07, 6.45) is 2.87. The van der Waals surface area contributed by atoms with Gasteiger partial charge in [-0.05, 0) is 42.9 Å². The van der Waals surface area contributed by atoms with Crippen LogP contribution in [-0.2, 0) is 0 Å². The molecule has 2 rings (SSSR count). The second kappa shape index (κ2) is 2.70. The average molecular weight is 293 g/mol. The zero-order valence-electron chi connectivity index (χ0n) is 5.74. The fraction of sp³-hybridized carbons (Fsp3) is 0. The Morgan fingerprint density at radius 2 is 2.25 bits per heavy atom. The van der Waals surface area contributed by atoms with Crippen LogP contribution in [0.1, 0.15) is 0 Å². The van der Waals surface area contributed by atoms with Crippen LogP contribution >= 0.6 is 31.9 Å². The van der Waals surface area contributed by atoms with Crippen molar-refractivity contribution in [2.75, 3.05) is 0 Å². The number of aromatic nitrogens is 3. The summed E-state index contributed by atoms with van der Waals surface area (Å²) in [7, 11) is 0. The van der Waals surface area contributed by atoms with Gasteiger partial charge in [-0.2, -0.15) is 0 Å². The number of hydrogen-bond donors (Lipinski definition) is 0. The highest BCUT2D eigenvalue weighted by molar-refractivity contribution is 9.11. The first-order valence-electron chi connectivity index (χ1n) is 3.10. The van der Waals surface area contributed by atoms with E-state index in [-0.39, 0.29) is 0 Å². The van der Waals surface area contributed by atoms with Crippen LogP contribution in [0.5, 0.6) is 0 Å². The van der Waals surface area contributed by atoms with E-state index in [1.807, 2.05) is 6.07 Å². The fourth-order valence-electron chi connectivity index (χ4n) is 0.941. The fourth-order valence-corrected chi connectivity index (χ4v) is 2.20. The smallest absolute Gasteiger partial charge is 0.311 e. The molecule has 62 valence electrons. The third-order valence-electron chi connectivity index (χ3n) is 1.43. The van der Waals surface area contributed by atoms with Gasteiger partial charge < -0.3 is 5.21 Å². The normalized spacial score (nSPS) is 10.8. The Hall–Kier alpha value is -0.620. The predicted octanol–water partition coefficient (Wildman–Crippen LogP) is 1.49. The number of nitrogens with zero attached hydrogens (tertiary/aromatic N) is 3. The largest absolute Gasteiger partial charge is 0.692 e. The van der Waals surface area contributed by atoms with E-state index in [0.29, 0.717) is 10.5 Å². The highest BCUT2D eigenvalue weighted by Crippen LogP contribution is 2.19. The quantitative estimate of drug-likeness (QED) is 0.545. The second-order valence-electron chi connectivity index (χ2n) is 2.22. The van der Waals surface area contributed by atoms with E-state index in [1.54, 1.807) is 6.20 Å². The lowest BCUT2D eigenvalue weighted by Crippen LogP contribution is -2.31. The lowest BCUT2D eigenvalue weighted by Gasteiger charge is -1.99. The first-order chi connectivity index (χ1) is 5.68. The highest BCUT2D eigenvalue weighted by Gasteiger charge is 2.09. The Morgan fingerprint density at radius 1 is 1.50 bits per heavy atom. The molecule has 0 unspecified atom stereocenters. The maximum Gasteiger partial charge on any atom is 0.311 e. The minimum absolute atomic E-state index is 0.605. The van der Waals surface area contributed by atoms with Crippen LogP contribution in [0, 0.1) is 5.21 Å². The molecule has 0 amide bonds. The van der Waals surface area contributed by atoms with Crippen LogP contribution in [0.2, 0.25) is 0 Å². The molecule has 0 atom stereocenters. The van der Waals surface area contributed by atoms with Crippen LogP contribution in [-0.4, -0.2) is 9.50 Å². The van der Waals surface area contributed by atoms with Gasteiger partial charge in [-0.15, -0.1) is 9.36 Å². The van der Waals surface area contributed by atoms with Crippen molar-refractivity contribution >= 4 is 37.5 Å². The molecule has 12 heavy (non-hydrogen) atoms. The summed E-state index contributed by atoms with van der Waals surface area (Å²) in [5.41, 5.74) is 0.605. The Bertz CT molecular complexity index is 440. The SMILES string of the molecule is [O-][n+]1cnc2c(Br)cc(Br)cn21. The minimum atomic E-state index is 0.605. The Kier molecular flexibility index (Phi) is 1.80. The highest BCUT2D eigenvalue weighted by atomic mass is 79.9. The van der Waals surface area contributed by atoms with Crippen molar-refractivity contribution in [3.05, 3.63) is 32.7 Å². The number of fused-ring (bicyclic) bond motifs is 1. The summed E-state index contributed by atoms with van der Waals surface area (Å²) in [6, 6.07) is 1.84. The minimum Gasteiger partial charge on any atom is -0.692 e. The van der Waals surface area contributed by atoms with Crippen molar-refractivity contribution in [1.29, 1.82) is 0 Å². The van der Waals surface area contributed by atoms with Gasteiger partial charge in [-0.1, -0.05) is 0 Å². The van der Waals surface area contributed by atoms with Gasteiger partial charge in [0, 0.05) is 4.47 Å². The molecule has 0 aliphatic carbocycles. The molecule has 0 radical (unpaired) electrons. The van der Waals surface area contributed by atoms with Crippen LogP contribution in [0.4, 0.5) is 0 Å². The molecule has 0 N–H and O–H groups in total. The summed E-state index contributed by atoms with van der Waals surface area (Å²) in [4.78, 5) is 4.56. The van der Waals surface area contributed by atoms with Gasteiger partial charge in [0.05, 0.1) is 10.7 Å². The van der Waals surface area contributed by atoms with E-state index in [1.165, 1.54) is 10.8 Å². The van der Waals surface area contributed by atoms with E-state index in [2.05, 4.69) is 36.8 Å². The maximum absolute atomic E-state index is 11.1. The lowest BCUT2D eigenvalue weighted by atomic mass is 10.5. The zero-order valence-corrected chi connectivity index (χ0v) is 8.91. The maximum atomic E-state index is 11.1. The molecular weight excluding hydrogens is 290 g/mol. The predicted molar refractivity (Wildman–Crippen MR) is 49.6 cm³/mol. The Morgan fingerprint density at radius 3 is 3.00 bits per heavy atom. The number of rotatable bonds is 0. The molecule has 4 nitrogen and oxygen atoms in total. The van der Waals surface area contributed by atoms with Crippen LogP contribution < -0.4 is 4.85 Å². The van der Waals surface area contributed by atoms with E-state index < -0.39 is 0 Å². The second-order valence-corrected chi connectivity index (χ2v) is 3.99. The summed E-state index contributed by atoms with van der Waals surface area (Å²) in [6.45, 7) is 0. The zero-order chi connectivity index (χ0) is 8.72. The summed E-state index contributed by atoms with van der Waals surface area (Å²) in [5, 5.41) is 11.1. The van der Waals surface area contributed by atoms with E-state index in [9.17, 15) is 5.21 Å². The van der Waals surface area contributed by atoms with Crippen molar-refractivity contribution in [1.82, 2.24) is 9.50 Å². The lowest BCUT2D eigenvalue weighted by molar-refractivity contribution is -0.678. The molecule has 2 aromatic rings. The summed E-state index contributed by atoms with van der Waals surface area (Å²) < 4.78 is 3.00. The summed E-state index contributed by atoms with van der Waals surface area (Å²) in [5.74, 6) is 0. The molecule has 0 saturated carbocycles. The van der Waals surface area contributed by atoms with E-state index in [0.717, 1.165) is 8.95 Å². The molecular formula is C6H3Br2N3O. The van der Waals surface area contributed by atoms with Gasteiger partial charge in [-0.25, -0.2) is 0 Å². The average Bonchev–Trinajstić information content (AvgIpc) is 2.33. The van der Waals surface area contributed by atoms with E-state index in [4.69, 9.17) is 0 Å². The molecule has 0 fully saturated rings. The molecule has 0 saturated heterocycles.